The van der Waals surface area contributed by atoms with Crippen molar-refractivity contribution < 1.29 is 4.79 Å². The van der Waals surface area contributed by atoms with Crippen molar-refractivity contribution in [3.05, 3.63) is 69.2 Å². The van der Waals surface area contributed by atoms with Crippen molar-refractivity contribution in [3.8, 4) is 0 Å². The Morgan fingerprint density at radius 2 is 1.84 bits per heavy atom. The minimum atomic E-state index is -0.290. The van der Waals surface area contributed by atoms with Crippen LogP contribution in [0.3, 0.4) is 0 Å². The lowest BCUT2D eigenvalue weighted by atomic mass is 10.1. The molecule has 31 heavy (non-hydrogen) atoms. The number of pyridine rings is 1. The maximum absolute atomic E-state index is 12.5. The van der Waals surface area contributed by atoms with Gasteiger partial charge in [-0.2, -0.15) is 4.99 Å². The molecule has 0 atom stereocenters. The van der Waals surface area contributed by atoms with Gasteiger partial charge in [-0.15, -0.1) is 0 Å². The molecule has 2 aromatic carbocycles. The van der Waals surface area contributed by atoms with E-state index in [0.29, 0.717) is 25.8 Å². The minimum Gasteiger partial charge on any atom is -0.371 e. The number of carbonyl (C=O) groups is 1. The predicted molar refractivity (Wildman–Crippen MR) is 131 cm³/mol. The van der Waals surface area contributed by atoms with Gasteiger partial charge in [-0.05, 0) is 66.6 Å². The molecule has 0 aliphatic carbocycles. The normalized spacial score (nSPS) is 17.6. The Balaban J connectivity index is 1.42. The first-order valence-electron chi connectivity index (χ1n) is 9.96. The number of nitrogens with zero attached hydrogens (tertiary/aromatic N) is 3. The third kappa shape index (κ3) is 4.15. The third-order valence-corrected chi connectivity index (χ3v) is 6.83. The number of aliphatic imine (C=N–C) groups is 1. The number of halogens is 2. The number of para-hydroxylation sites is 1. The van der Waals surface area contributed by atoms with E-state index >= 15 is 0 Å². The molecule has 0 bridgehead atoms. The zero-order valence-corrected chi connectivity index (χ0v) is 18.8. The van der Waals surface area contributed by atoms with Gasteiger partial charge in [0.25, 0.3) is 5.91 Å². The first kappa shape index (κ1) is 20.4. The van der Waals surface area contributed by atoms with E-state index in [1.165, 1.54) is 30.3 Å². The van der Waals surface area contributed by atoms with E-state index in [0.717, 1.165) is 29.6 Å². The van der Waals surface area contributed by atoms with E-state index in [2.05, 4.69) is 32.3 Å². The van der Waals surface area contributed by atoms with Gasteiger partial charge < -0.3 is 10.2 Å². The number of hydrogen-bond acceptors (Lipinski definition) is 5. The van der Waals surface area contributed by atoms with Gasteiger partial charge in [0, 0.05) is 30.4 Å². The molecular weight excluding hydrogens is 451 g/mol. The van der Waals surface area contributed by atoms with Crippen LogP contribution in [0.15, 0.2) is 58.6 Å². The molecule has 3 aromatic rings. The summed E-state index contributed by atoms with van der Waals surface area (Å²) in [6, 6.07) is 13.4. The smallest absolute Gasteiger partial charge is 0.286 e. The van der Waals surface area contributed by atoms with Gasteiger partial charge in [0.05, 0.1) is 26.2 Å². The lowest BCUT2D eigenvalue weighted by Crippen LogP contribution is -2.17. The summed E-state index contributed by atoms with van der Waals surface area (Å²) in [6.07, 6.45) is 6.14. The summed E-state index contributed by atoms with van der Waals surface area (Å²) in [6.45, 7) is 2.12. The zero-order chi connectivity index (χ0) is 21.4. The summed E-state index contributed by atoms with van der Waals surface area (Å²) in [5.41, 5.74) is 3.62. The molecule has 1 amide bonds. The van der Waals surface area contributed by atoms with Gasteiger partial charge in [0.2, 0.25) is 0 Å². The number of carbonyl (C=O) groups excluding carboxylic acids is 1. The largest absolute Gasteiger partial charge is 0.371 e. The summed E-state index contributed by atoms with van der Waals surface area (Å²) in [5, 5.41) is 5.55. The highest BCUT2D eigenvalue weighted by Crippen LogP contribution is 2.35. The number of rotatable bonds is 3. The summed E-state index contributed by atoms with van der Waals surface area (Å²) in [7, 11) is 0. The van der Waals surface area contributed by atoms with Gasteiger partial charge in [-0.1, -0.05) is 35.3 Å². The van der Waals surface area contributed by atoms with Crippen LogP contribution in [0.4, 0.5) is 11.4 Å². The van der Waals surface area contributed by atoms with Crippen LogP contribution in [-0.2, 0) is 4.79 Å². The fourth-order valence-corrected chi connectivity index (χ4v) is 5.12. The number of anilines is 2. The first-order valence-corrected chi connectivity index (χ1v) is 11.5. The van der Waals surface area contributed by atoms with Crippen LogP contribution >= 0.6 is 35.0 Å². The Bertz CT molecular complexity index is 1230. The van der Waals surface area contributed by atoms with Gasteiger partial charge in [0.15, 0.2) is 5.17 Å². The Kier molecular flexibility index (Phi) is 5.61. The lowest BCUT2D eigenvalue weighted by molar-refractivity contribution is -0.113. The second-order valence-corrected chi connectivity index (χ2v) is 9.20. The Morgan fingerprint density at radius 3 is 2.61 bits per heavy atom. The maximum Gasteiger partial charge on any atom is 0.286 e. The van der Waals surface area contributed by atoms with Gasteiger partial charge >= 0.3 is 0 Å². The molecule has 2 aliphatic heterocycles. The second kappa shape index (κ2) is 8.54. The molecule has 0 saturated carbocycles. The van der Waals surface area contributed by atoms with E-state index in [1.54, 1.807) is 18.2 Å². The molecular formula is C23H18Cl2N4OS. The van der Waals surface area contributed by atoms with Crippen LogP contribution in [0, 0.1) is 0 Å². The highest BCUT2D eigenvalue weighted by Gasteiger charge is 2.23. The molecule has 0 spiro atoms. The monoisotopic (exact) mass is 468 g/mol. The average Bonchev–Trinajstić information content (AvgIpc) is 3.41. The van der Waals surface area contributed by atoms with Crippen molar-refractivity contribution in [2.45, 2.75) is 12.8 Å². The number of hydrogen-bond donors (Lipinski definition) is 1. The van der Waals surface area contributed by atoms with Crippen LogP contribution in [0.2, 0.25) is 10.0 Å². The van der Waals surface area contributed by atoms with Gasteiger partial charge in [-0.25, -0.2) is 0 Å². The lowest BCUT2D eigenvalue weighted by Gasteiger charge is -2.19. The van der Waals surface area contributed by atoms with E-state index in [-0.39, 0.29) is 5.91 Å². The molecule has 2 aliphatic rings. The SMILES string of the molecule is O=C1N=C(Nc2c(Cl)cccc2Cl)S/C1=C/c1ccc2nccc(N3CCCC3)c2c1. The van der Waals surface area contributed by atoms with E-state index < -0.39 is 0 Å². The molecule has 1 saturated heterocycles. The number of amides is 1. The van der Waals surface area contributed by atoms with E-state index in [9.17, 15) is 4.79 Å². The van der Waals surface area contributed by atoms with Crippen molar-refractivity contribution in [2.75, 3.05) is 23.3 Å². The number of amidine groups is 1. The van der Waals surface area contributed by atoms with E-state index in [4.69, 9.17) is 23.2 Å². The molecule has 156 valence electrons. The third-order valence-electron chi connectivity index (χ3n) is 5.30. The number of nitrogens with one attached hydrogen (secondary N) is 1. The molecule has 5 rings (SSSR count). The van der Waals surface area contributed by atoms with Crippen molar-refractivity contribution in [1.29, 1.82) is 0 Å². The minimum absolute atomic E-state index is 0.290. The number of aromatic nitrogens is 1. The Morgan fingerprint density at radius 1 is 1.06 bits per heavy atom. The highest BCUT2D eigenvalue weighted by molar-refractivity contribution is 8.18. The average molecular weight is 469 g/mol. The summed E-state index contributed by atoms with van der Waals surface area (Å²) < 4.78 is 0. The number of thioether (sulfide) groups is 1. The van der Waals surface area contributed by atoms with Crippen molar-refractivity contribution in [3.63, 3.8) is 0 Å². The molecule has 8 heteroatoms. The summed E-state index contributed by atoms with van der Waals surface area (Å²) >= 11 is 13.7. The molecule has 1 aromatic heterocycles. The van der Waals surface area contributed by atoms with Crippen molar-refractivity contribution >= 4 is 74.4 Å². The highest BCUT2D eigenvalue weighted by atomic mass is 35.5. The van der Waals surface area contributed by atoms with Crippen LogP contribution < -0.4 is 10.2 Å². The van der Waals surface area contributed by atoms with Crippen LogP contribution in [0.25, 0.3) is 17.0 Å². The molecule has 5 nitrogen and oxygen atoms in total. The summed E-state index contributed by atoms with van der Waals surface area (Å²) in [4.78, 5) is 24.0. The second-order valence-electron chi connectivity index (χ2n) is 7.36. The fourth-order valence-electron chi connectivity index (χ4n) is 3.81. The van der Waals surface area contributed by atoms with Crippen molar-refractivity contribution in [1.82, 2.24) is 4.98 Å². The van der Waals surface area contributed by atoms with Crippen LogP contribution in [0.1, 0.15) is 18.4 Å². The predicted octanol–water partition coefficient (Wildman–Crippen LogP) is 6.22. The zero-order valence-electron chi connectivity index (χ0n) is 16.4. The topological polar surface area (TPSA) is 57.6 Å². The van der Waals surface area contributed by atoms with Gasteiger partial charge in [0.1, 0.15) is 0 Å². The molecule has 0 unspecified atom stereocenters. The van der Waals surface area contributed by atoms with Gasteiger partial charge in [-0.3, -0.25) is 9.78 Å². The van der Waals surface area contributed by atoms with Crippen LogP contribution in [-0.4, -0.2) is 29.1 Å². The number of benzene rings is 2. The fraction of sp³-hybridized carbons (Fsp3) is 0.174. The molecule has 3 heterocycles. The van der Waals surface area contributed by atoms with E-state index in [1.807, 2.05) is 24.4 Å². The Labute approximate surface area is 194 Å². The van der Waals surface area contributed by atoms with Crippen molar-refractivity contribution in [2.24, 2.45) is 4.99 Å². The Hall–Kier alpha value is -2.54. The first-order chi connectivity index (χ1) is 15.1. The standard InChI is InChI=1S/C23H18Cl2N4OS/c24-16-4-3-5-17(25)21(16)27-23-28-22(30)20(31-23)13-14-6-7-18-15(12-14)19(8-9-26-18)29-10-1-2-11-29/h3-9,12-13H,1-2,10-11H2,(H,27,28,30)/b20-13+. The van der Waals surface area contributed by atoms with Crippen LogP contribution in [0.5, 0.6) is 0 Å². The molecule has 1 fully saturated rings. The molecule has 1 N–H and O–H groups in total. The summed E-state index contributed by atoms with van der Waals surface area (Å²) in [5.74, 6) is -0.290. The quantitative estimate of drug-likeness (QED) is 0.462. The molecule has 0 radical (unpaired) electrons. The number of fused-ring (bicyclic) bond motifs is 1. The maximum atomic E-state index is 12.5.